The van der Waals surface area contributed by atoms with E-state index in [0.717, 1.165) is 42.8 Å². The molecule has 2 rings (SSSR count). The minimum absolute atomic E-state index is 0.761. The molecule has 2 fully saturated rings. The molecule has 0 aliphatic heterocycles. The Balaban J connectivity index is 1.73. The summed E-state index contributed by atoms with van der Waals surface area (Å²) in [6, 6.07) is 0. The maximum atomic E-state index is 10.5. The normalized spacial score (nSPS) is 34.6. The Morgan fingerprint density at radius 1 is 0.950 bits per heavy atom. The lowest BCUT2D eigenvalue weighted by Crippen LogP contribution is -2.23. The molecule has 0 amide bonds. The second-order valence-corrected chi connectivity index (χ2v) is 7.16. The van der Waals surface area contributed by atoms with E-state index in [9.17, 15) is 4.79 Å². The van der Waals surface area contributed by atoms with Crippen LogP contribution in [0, 0.1) is 23.7 Å². The molecule has 0 heterocycles. The lowest BCUT2D eigenvalue weighted by Gasteiger charge is -2.36. The summed E-state index contributed by atoms with van der Waals surface area (Å²) in [5.74, 6) is 3.39. The van der Waals surface area contributed by atoms with Crippen LogP contribution in [-0.4, -0.2) is 6.29 Å². The highest BCUT2D eigenvalue weighted by atomic mass is 16.1. The molecular formula is C19H32O. The highest BCUT2D eigenvalue weighted by Gasteiger charge is 2.28. The van der Waals surface area contributed by atoms with Gasteiger partial charge >= 0.3 is 0 Å². The molecule has 2 aliphatic carbocycles. The van der Waals surface area contributed by atoms with Gasteiger partial charge in [0.25, 0.3) is 0 Å². The Kier molecular flexibility index (Phi) is 6.32. The summed E-state index contributed by atoms with van der Waals surface area (Å²) >= 11 is 0. The van der Waals surface area contributed by atoms with Crippen LogP contribution in [0.2, 0.25) is 0 Å². The molecule has 0 aromatic rings. The van der Waals surface area contributed by atoms with Gasteiger partial charge in [-0.15, -0.1) is 0 Å². The summed E-state index contributed by atoms with van der Waals surface area (Å²) in [5.41, 5.74) is 1.58. The third-order valence-electron chi connectivity index (χ3n) is 6.01. The second-order valence-electron chi connectivity index (χ2n) is 7.16. The van der Waals surface area contributed by atoms with Crippen LogP contribution < -0.4 is 0 Å². The van der Waals surface area contributed by atoms with E-state index >= 15 is 0 Å². The number of rotatable bonds is 6. The molecule has 0 N–H and O–H groups in total. The molecule has 1 heteroatoms. The summed E-state index contributed by atoms with van der Waals surface area (Å²) in [4.78, 5) is 10.5. The predicted octanol–water partition coefficient (Wildman–Crippen LogP) is 5.54. The van der Waals surface area contributed by atoms with Gasteiger partial charge < -0.3 is 4.79 Å². The molecule has 114 valence electrons. The van der Waals surface area contributed by atoms with Crippen molar-refractivity contribution in [1.29, 1.82) is 0 Å². The molecule has 20 heavy (non-hydrogen) atoms. The van der Waals surface area contributed by atoms with Gasteiger partial charge in [0.1, 0.15) is 6.29 Å². The number of hydrogen-bond donors (Lipinski definition) is 0. The molecule has 0 saturated heterocycles. The van der Waals surface area contributed by atoms with Crippen molar-refractivity contribution in [2.45, 2.75) is 77.6 Å². The molecule has 2 saturated carbocycles. The van der Waals surface area contributed by atoms with Crippen molar-refractivity contribution in [1.82, 2.24) is 0 Å². The third-order valence-corrected chi connectivity index (χ3v) is 6.01. The number of carbonyl (C=O) groups excluding carboxylic acids is 1. The van der Waals surface area contributed by atoms with Crippen LogP contribution in [0.5, 0.6) is 0 Å². The van der Waals surface area contributed by atoms with Crippen molar-refractivity contribution in [3.63, 3.8) is 0 Å². The van der Waals surface area contributed by atoms with Crippen molar-refractivity contribution >= 4 is 6.29 Å². The Morgan fingerprint density at radius 3 is 1.90 bits per heavy atom. The van der Waals surface area contributed by atoms with Crippen molar-refractivity contribution in [3.05, 3.63) is 12.2 Å². The third kappa shape index (κ3) is 4.20. The van der Waals surface area contributed by atoms with E-state index in [1.807, 2.05) is 0 Å². The van der Waals surface area contributed by atoms with Crippen LogP contribution in [0.4, 0.5) is 0 Å². The van der Waals surface area contributed by atoms with Gasteiger partial charge in [-0.3, -0.25) is 0 Å². The van der Waals surface area contributed by atoms with Gasteiger partial charge in [0.05, 0.1) is 0 Å². The minimum atomic E-state index is 0.761. The van der Waals surface area contributed by atoms with Crippen molar-refractivity contribution < 1.29 is 4.79 Å². The van der Waals surface area contributed by atoms with E-state index in [4.69, 9.17) is 0 Å². The molecule has 0 aromatic carbocycles. The van der Waals surface area contributed by atoms with Gasteiger partial charge in [-0.2, -0.15) is 0 Å². The van der Waals surface area contributed by atoms with Crippen LogP contribution >= 0.6 is 0 Å². The van der Waals surface area contributed by atoms with Crippen LogP contribution in [0.3, 0.4) is 0 Å². The molecular weight excluding hydrogens is 244 g/mol. The number of carbonyl (C=O) groups is 1. The SMILES string of the molecule is C=C([C@H]1CC[C@H](CC)CC1)[C@H]1CC[C@H](CCC=O)CC1. The first-order valence-electron chi connectivity index (χ1n) is 8.86. The van der Waals surface area contributed by atoms with Crippen molar-refractivity contribution in [2.75, 3.05) is 0 Å². The molecule has 0 atom stereocenters. The summed E-state index contributed by atoms with van der Waals surface area (Å²) in [6.07, 6.45) is 15.3. The van der Waals surface area contributed by atoms with Crippen molar-refractivity contribution in [3.8, 4) is 0 Å². The zero-order valence-electron chi connectivity index (χ0n) is 13.3. The average molecular weight is 276 g/mol. The summed E-state index contributed by atoms with van der Waals surface area (Å²) in [6.45, 7) is 6.82. The lowest BCUT2D eigenvalue weighted by molar-refractivity contribution is -0.108. The largest absolute Gasteiger partial charge is 0.303 e. The van der Waals surface area contributed by atoms with Gasteiger partial charge in [0.15, 0.2) is 0 Å². The van der Waals surface area contributed by atoms with Crippen LogP contribution in [0.15, 0.2) is 12.2 Å². The van der Waals surface area contributed by atoms with E-state index in [1.54, 1.807) is 5.57 Å². The highest BCUT2D eigenvalue weighted by Crippen LogP contribution is 2.42. The standard InChI is InChI=1S/C19H32O/c1-3-16-6-10-18(11-7-16)15(2)19-12-8-17(9-13-19)5-4-14-20/h14,16-19H,2-13H2,1H3/t16-,17-,18-,19-. The van der Waals surface area contributed by atoms with E-state index < -0.39 is 0 Å². The van der Waals surface area contributed by atoms with E-state index in [1.165, 1.54) is 57.8 Å². The molecule has 1 nitrogen and oxygen atoms in total. The zero-order chi connectivity index (χ0) is 14.4. The van der Waals surface area contributed by atoms with E-state index in [2.05, 4.69) is 13.5 Å². The first kappa shape index (κ1) is 15.8. The molecule has 2 aliphatic rings. The first-order valence-corrected chi connectivity index (χ1v) is 8.86. The fraction of sp³-hybridized carbons (Fsp3) is 0.842. The molecule has 0 aromatic heterocycles. The number of hydrogen-bond acceptors (Lipinski definition) is 1. The van der Waals surface area contributed by atoms with Crippen LogP contribution in [0.1, 0.15) is 77.6 Å². The summed E-state index contributed by atoms with van der Waals surface area (Å²) in [7, 11) is 0. The molecule has 0 bridgehead atoms. The smallest absolute Gasteiger partial charge is 0.120 e. The Morgan fingerprint density at radius 2 is 1.45 bits per heavy atom. The molecule has 0 radical (unpaired) electrons. The average Bonchev–Trinajstić information content (AvgIpc) is 2.53. The summed E-state index contributed by atoms with van der Waals surface area (Å²) in [5, 5.41) is 0. The van der Waals surface area contributed by atoms with Crippen LogP contribution in [0.25, 0.3) is 0 Å². The van der Waals surface area contributed by atoms with Gasteiger partial charge in [0, 0.05) is 6.42 Å². The Bertz CT molecular complexity index is 304. The van der Waals surface area contributed by atoms with E-state index in [-0.39, 0.29) is 0 Å². The second kappa shape index (κ2) is 8.00. The quantitative estimate of drug-likeness (QED) is 0.459. The predicted molar refractivity (Wildman–Crippen MR) is 85.6 cm³/mol. The van der Waals surface area contributed by atoms with Crippen LogP contribution in [-0.2, 0) is 4.79 Å². The van der Waals surface area contributed by atoms with Crippen molar-refractivity contribution in [2.24, 2.45) is 23.7 Å². The highest BCUT2D eigenvalue weighted by molar-refractivity contribution is 5.49. The van der Waals surface area contributed by atoms with Gasteiger partial charge in [-0.25, -0.2) is 0 Å². The lowest BCUT2D eigenvalue weighted by atomic mass is 9.70. The first-order chi connectivity index (χ1) is 9.74. The molecule has 0 spiro atoms. The Hall–Kier alpha value is -0.590. The minimum Gasteiger partial charge on any atom is -0.303 e. The monoisotopic (exact) mass is 276 g/mol. The molecule has 0 unspecified atom stereocenters. The number of aldehydes is 1. The van der Waals surface area contributed by atoms with Gasteiger partial charge in [0.2, 0.25) is 0 Å². The Labute approximate surface area is 125 Å². The maximum Gasteiger partial charge on any atom is 0.120 e. The fourth-order valence-electron chi connectivity index (χ4n) is 4.40. The van der Waals surface area contributed by atoms with Gasteiger partial charge in [-0.1, -0.05) is 25.5 Å². The van der Waals surface area contributed by atoms with E-state index in [0.29, 0.717) is 0 Å². The number of allylic oxidation sites excluding steroid dienone is 1. The fourth-order valence-corrected chi connectivity index (χ4v) is 4.40. The zero-order valence-corrected chi connectivity index (χ0v) is 13.3. The maximum absolute atomic E-state index is 10.5. The topological polar surface area (TPSA) is 17.1 Å². The van der Waals surface area contributed by atoms with Gasteiger partial charge in [-0.05, 0) is 81.5 Å². The summed E-state index contributed by atoms with van der Waals surface area (Å²) < 4.78 is 0.